The minimum absolute atomic E-state index is 0.111. The van der Waals surface area contributed by atoms with Gasteiger partial charge in [0.1, 0.15) is 0 Å². The molecule has 2 aromatic rings. The lowest BCUT2D eigenvalue weighted by atomic mass is 10.1. The Kier molecular flexibility index (Phi) is 4.63. The molecule has 2 nitrogen and oxygen atoms in total. The van der Waals surface area contributed by atoms with E-state index in [0.717, 1.165) is 10.5 Å². The van der Waals surface area contributed by atoms with Crippen LogP contribution in [0.25, 0.3) is 0 Å². The van der Waals surface area contributed by atoms with Crippen LogP contribution < -0.4 is 0 Å². The zero-order valence-electron chi connectivity index (χ0n) is 10.8. The Balaban J connectivity index is 2.10. The summed E-state index contributed by atoms with van der Waals surface area (Å²) in [4.78, 5) is 12.3. The number of carbonyl (C=O) groups is 1. The van der Waals surface area contributed by atoms with Gasteiger partial charge < -0.3 is 0 Å². The molecule has 98 valence electrons. The van der Waals surface area contributed by atoms with E-state index >= 15 is 0 Å². The van der Waals surface area contributed by atoms with Crippen molar-refractivity contribution < 1.29 is 9.00 Å². The van der Waals surface area contributed by atoms with Crippen LogP contribution in [0.15, 0.2) is 59.5 Å². The maximum atomic E-state index is 12.2. The maximum absolute atomic E-state index is 12.2. The highest BCUT2D eigenvalue weighted by Crippen LogP contribution is 2.14. The fraction of sp³-hybridized carbons (Fsp3) is 0.188. The summed E-state index contributed by atoms with van der Waals surface area (Å²) >= 11 is 0. The molecule has 0 amide bonds. The first-order valence-electron chi connectivity index (χ1n) is 6.26. The minimum Gasteiger partial charge on any atom is -0.294 e. The number of ketones is 1. The van der Waals surface area contributed by atoms with Crippen molar-refractivity contribution in [3.8, 4) is 0 Å². The van der Waals surface area contributed by atoms with E-state index < -0.39 is 10.8 Å². The molecule has 2 rings (SSSR count). The van der Waals surface area contributed by atoms with Crippen LogP contribution in [0.5, 0.6) is 0 Å². The molecule has 19 heavy (non-hydrogen) atoms. The number of hydrogen-bond acceptors (Lipinski definition) is 2. The van der Waals surface area contributed by atoms with Crippen molar-refractivity contribution in [2.45, 2.75) is 24.0 Å². The summed E-state index contributed by atoms with van der Waals surface area (Å²) in [5.41, 5.74) is 1.73. The Bertz CT molecular complexity index is 573. The molecular weight excluding hydrogens is 256 g/mol. The van der Waals surface area contributed by atoms with Crippen LogP contribution in [-0.2, 0) is 16.6 Å². The van der Waals surface area contributed by atoms with Crippen LogP contribution in [-0.4, -0.2) is 9.99 Å². The van der Waals surface area contributed by atoms with Crippen molar-refractivity contribution in [3.63, 3.8) is 0 Å². The Morgan fingerprint density at radius 3 is 2.21 bits per heavy atom. The molecule has 0 saturated carbocycles. The summed E-state index contributed by atoms with van der Waals surface area (Å²) in [6.07, 6.45) is 0.493. The fourth-order valence-corrected chi connectivity index (χ4v) is 2.91. The van der Waals surface area contributed by atoms with Gasteiger partial charge in [0, 0.05) is 16.9 Å². The predicted molar refractivity (Wildman–Crippen MR) is 77.6 cm³/mol. The second-order valence-corrected chi connectivity index (χ2v) is 5.73. The van der Waals surface area contributed by atoms with Crippen LogP contribution in [0.3, 0.4) is 0 Å². The standard InChI is InChI=1S/C16H16O2S/c1-2-16(17)14-8-10-15(11-9-14)19(18)12-13-6-4-3-5-7-13/h3-11H,2,12H2,1H3. The molecule has 0 aliphatic rings. The summed E-state index contributed by atoms with van der Waals surface area (Å²) in [7, 11) is -1.07. The van der Waals surface area contributed by atoms with Crippen molar-refractivity contribution in [2.75, 3.05) is 0 Å². The van der Waals surface area contributed by atoms with Crippen molar-refractivity contribution in [1.82, 2.24) is 0 Å². The molecule has 0 spiro atoms. The van der Waals surface area contributed by atoms with E-state index in [0.29, 0.717) is 17.7 Å². The molecule has 2 aromatic carbocycles. The van der Waals surface area contributed by atoms with Crippen molar-refractivity contribution in [2.24, 2.45) is 0 Å². The van der Waals surface area contributed by atoms with E-state index in [4.69, 9.17) is 0 Å². The van der Waals surface area contributed by atoms with E-state index in [1.807, 2.05) is 37.3 Å². The van der Waals surface area contributed by atoms with Gasteiger partial charge in [-0.05, 0) is 17.7 Å². The van der Waals surface area contributed by atoms with Crippen LogP contribution in [0, 0.1) is 0 Å². The first-order chi connectivity index (χ1) is 9.20. The van der Waals surface area contributed by atoms with Gasteiger partial charge in [-0.2, -0.15) is 0 Å². The summed E-state index contributed by atoms with van der Waals surface area (Å²) in [6, 6.07) is 16.8. The van der Waals surface area contributed by atoms with Crippen LogP contribution in [0.4, 0.5) is 0 Å². The van der Waals surface area contributed by atoms with Gasteiger partial charge in [0.2, 0.25) is 0 Å². The average molecular weight is 272 g/mol. The van der Waals surface area contributed by atoms with Gasteiger partial charge >= 0.3 is 0 Å². The predicted octanol–water partition coefficient (Wildman–Crippen LogP) is 3.59. The number of Topliss-reactive ketones (excluding diaryl/α,β-unsaturated/α-hetero) is 1. The van der Waals surface area contributed by atoms with E-state index in [1.54, 1.807) is 24.3 Å². The van der Waals surface area contributed by atoms with Crippen LogP contribution in [0.2, 0.25) is 0 Å². The SMILES string of the molecule is CCC(=O)c1ccc(S(=O)Cc2ccccc2)cc1. The first-order valence-corrected chi connectivity index (χ1v) is 7.58. The normalized spacial score (nSPS) is 12.1. The average Bonchev–Trinajstić information content (AvgIpc) is 2.47. The van der Waals surface area contributed by atoms with E-state index in [9.17, 15) is 9.00 Å². The first kappa shape index (κ1) is 13.7. The van der Waals surface area contributed by atoms with Crippen molar-refractivity contribution in [1.29, 1.82) is 0 Å². The zero-order chi connectivity index (χ0) is 13.7. The molecule has 0 saturated heterocycles. The third-order valence-corrected chi connectivity index (χ3v) is 4.29. The molecule has 0 aliphatic heterocycles. The summed E-state index contributed by atoms with van der Waals surface area (Å²) in [5.74, 6) is 0.613. The third-order valence-electron chi connectivity index (χ3n) is 2.90. The van der Waals surface area contributed by atoms with Crippen molar-refractivity contribution in [3.05, 3.63) is 65.7 Å². The lowest BCUT2D eigenvalue weighted by molar-refractivity contribution is 0.0988. The Hall–Kier alpha value is -1.74. The van der Waals surface area contributed by atoms with Crippen molar-refractivity contribution >= 4 is 16.6 Å². The number of carbonyl (C=O) groups excluding carboxylic acids is 1. The fourth-order valence-electron chi connectivity index (χ4n) is 1.81. The minimum atomic E-state index is -1.07. The molecule has 0 radical (unpaired) electrons. The van der Waals surface area contributed by atoms with Gasteiger partial charge in [0.15, 0.2) is 5.78 Å². The van der Waals surface area contributed by atoms with E-state index in [-0.39, 0.29) is 5.78 Å². The molecular formula is C16H16O2S. The van der Waals surface area contributed by atoms with E-state index in [2.05, 4.69) is 0 Å². The molecule has 0 N–H and O–H groups in total. The monoisotopic (exact) mass is 272 g/mol. The lowest BCUT2D eigenvalue weighted by Crippen LogP contribution is -1.99. The van der Waals surface area contributed by atoms with Crippen LogP contribution in [0.1, 0.15) is 29.3 Å². The zero-order valence-corrected chi connectivity index (χ0v) is 11.7. The van der Waals surface area contributed by atoms with Gasteiger partial charge in [-0.1, -0.05) is 49.4 Å². The highest BCUT2D eigenvalue weighted by molar-refractivity contribution is 7.84. The highest BCUT2D eigenvalue weighted by Gasteiger charge is 2.07. The van der Waals surface area contributed by atoms with Crippen LogP contribution >= 0.6 is 0 Å². The second kappa shape index (κ2) is 6.43. The van der Waals surface area contributed by atoms with Gasteiger partial charge in [-0.25, -0.2) is 0 Å². The summed E-state index contributed by atoms with van der Waals surface area (Å²) in [6.45, 7) is 1.84. The molecule has 0 heterocycles. The molecule has 0 fully saturated rings. The molecule has 1 atom stereocenters. The van der Waals surface area contributed by atoms with Gasteiger partial charge in [0.05, 0.1) is 16.6 Å². The topological polar surface area (TPSA) is 34.1 Å². The lowest BCUT2D eigenvalue weighted by Gasteiger charge is -2.04. The second-order valence-electron chi connectivity index (χ2n) is 4.28. The van der Waals surface area contributed by atoms with Gasteiger partial charge in [-0.3, -0.25) is 9.00 Å². The highest BCUT2D eigenvalue weighted by atomic mass is 32.2. The third kappa shape index (κ3) is 3.61. The molecule has 0 bridgehead atoms. The molecule has 3 heteroatoms. The Labute approximate surface area is 115 Å². The molecule has 1 unspecified atom stereocenters. The number of benzene rings is 2. The van der Waals surface area contributed by atoms with Gasteiger partial charge in [-0.15, -0.1) is 0 Å². The van der Waals surface area contributed by atoms with Gasteiger partial charge in [0.25, 0.3) is 0 Å². The summed E-state index contributed by atoms with van der Waals surface area (Å²) in [5, 5.41) is 0. The summed E-state index contributed by atoms with van der Waals surface area (Å²) < 4.78 is 12.2. The number of rotatable bonds is 5. The quantitative estimate of drug-likeness (QED) is 0.779. The Morgan fingerprint density at radius 2 is 1.63 bits per heavy atom. The maximum Gasteiger partial charge on any atom is 0.162 e. The largest absolute Gasteiger partial charge is 0.294 e. The molecule has 0 aliphatic carbocycles. The smallest absolute Gasteiger partial charge is 0.162 e. The Morgan fingerprint density at radius 1 is 1.00 bits per heavy atom. The van der Waals surface area contributed by atoms with E-state index in [1.165, 1.54) is 0 Å². The number of hydrogen-bond donors (Lipinski definition) is 0. The molecule has 0 aromatic heterocycles.